The molecule has 0 N–H and O–H groups in total. The highest BCUT2D eigenvalue weighted by molar-refractivity contribution is 5.94. The number of aromatic nitrogens is 2. The van der Waals surface area contributed by atoms with Crippen molar-refractivity contribution in [2.24, 2.45) is 0 Å². The molecule has 5 rings (SSSR count). The molecule has 4 aromatic rings. The van der Waals surface area contributed by atoms with Gasteiger partial charge in [-0.1, -0.05) is 42.5 Å². The minimum Gasteiger partial charge on any atom is -0.368 e. The van der Waals surface area contributed by atoms with E-state index in [-0.39, 0.29) is 11.6 Å². The smallest absolute Gasteiger partial charge is 0.272 e. The Hall–Kier alpha value is -4.46. The van der Waals surface area contributed by atoms with Crippen molar-refractivity contribution in [3.63, 3.8) is 0 Å². The third-order valence-electron chi connectivity index (χ3n) is 6.58. The molecule has 0 atom stereocenters. The van der Waals surface area contributed by atoms with Crippen molar-refractivity contribution in [3.05, 3.63) is 106 Å². The summed E-state index contributed by atoms with van der Waals surface area (Å²) in [4.78, 5) is 28.3. The van der Waals surface area contributed by atoms with Crippen molar-refractivity contribution in [2.45, 2.75) is 13.8 Å². The van der Waals surface area contributed by atoms with Gasteiger partial charge in [-0.25, -0.2) is 4.68 Å². The molecule has 1 aromatic heterocycles. The van der Waals surface area contributed by atoms with Crippen LogP contribution < -0.4 is 4.90 Å². The maximum absolute atomic E-state index is 13.8. The van der Waals surface area contributed by atoms with Crippen LogP contribution in [0.2, 0.25) is 0 Å². The van der Waals surface area contributed by atoms with Crippen molar-refractivity contribution in [2.75, 3.05) is 31.1 Å². The maximum Gasteiger partial charge on any atom is 0.272 e. The summed E-state index contributed by atoms with van der Waals surface area (Å²) in [5, 5.41) is 15.8. The summed E-state index contributed by atoms with van der Waals surface area (Å²) in [5.74, 6) is -0.0612. The van der Waals surface area contributed by atoms with Gasteiger partial charge in [-0.05, 0) is 49.2 Å². The lowest BCUT2D eigenvalue weighted by Crippen LogP contribution is -2.49. The zero-order chi connectivity index (χ0) is 25.2. The van der Waals surface area contributed by atoms with Crippen LogP contribution in [0.4, 0.5) is 11.4 Å². The van der Waals surface area contributed by atoms with Crippen LogP contribution in [0.3, 0.4) is 0 Å². The van der Waals surface area contributed by atoms with Gasteiger partial charge >= 0.3 is 0 Å². The average Bonchev–Trinajstić information content (AvgIpc) is 3.35. The topological polar surface area (TPSA) is 84.5 Å². The average molecular weight is 482 g/mol. The lowest BCUT2D eigenvalue weighted by Gasteiger charge is -2.36. The number of non-ortho nitro benzene ring substituents is 1. The number of anilines is 1. The number of hydrogen-bond donors (Lipinski definition) is 0. The van der Waals surface area contributed by atoms with E-state index in [0.717, 1.165) is 33.8 Å². The molecule has 1 amide bonds. The first-order chi connectivity index (χ1) is 17.4. The van der Waals surface area contributed by atoms with Gasteiger partial charge in [0, 0.05) is 49.6 Å². The van der Waals surface area contributed by atoms with E-state index in [2.05, 4.69) is 17.0 Å². The lowest BCUT2D eigenvalue weighted by atomic mass is 10.1. The summed E-state index contributed by atoms with van der Waals surface area (Å²) in [6, 6.07) is 24.5. The Morgan fingerprint density at radius 1 is 0.889 bits per heavy atom. The van der Waals surface area contributed by atoms with E-state index in [1.165, 1.54) is 12.1 Å². The monoisotopic (exact) mass is 481 g/mol. The fourth-order valence-corrected chi connectivity index (χ4v) is 4.53. The van der Waals surface area contributed by atoms with Crippen LogP contribution in [0, 0.1) is 24.0 Å². The molecule has 0 spiro atoms. The number of nitro groups is 1. The molecular weight excluding hydrogens is 454 g/mol. The third kappa shape index (κ3) is 4.57. The molecule has 3 aromatic carbocycles. The second-order valence-corrected chi connectivity index (χ2v) is 9.04. The van der Waals surface area contributed by atoms with Gasteiger partial charge in [0.25, 0.3) is 11.6 Å². The maximum atomic E-state index is 13.8. The second kappa shape index (κ2) is 9.65. The van der Waals surface area contributed by atoms with Crippen LogP contribution in [0.25, 0.3) is 16.9 Å². The zero-order valence-corrected chi connectivity index (χ0v) is 20.3. The number of carbonyl (C=O) groups excluding carboxylic acids is 1. The first-order valence-corrected chi connectivity index (χ1v) is 11.9. The Balaban J connectivity index is 1.41. The molecule has 1 fully saturated rings. The molecule has 0 saturated carbocycles. The number of amides is 1. The van der Waals surface area contributed by atoms with E-state index < -0.39 is 4.92 Å². The number of rotatable bonds is 5. The van der Waals surface area contributed by atoms with Gasteiger partial charge in [-0.3, -0.25) is 14.9 Å². The van der Waals surface area contributed by atoms with E-state index in [1.54, 1.807) is 16.8 Å². The van der Waals surface area contributed by atoms with Crippen LogP contribution in [0.15, 0.2) is 78.9 Å². The number of piperazine rings is 1. The molecule has 0 aliphatic carbocycles. The first kappa shape index (κ1) is 23.3. The molecule has 36 heavy (non-hydrogen) atoms. The highest BCUT2D eigenvalue weighted by Crippen LogP contribution is 2.26. The summed E-state index contributed by atoms with van der Waals surface area (Å²) in [7, 11) is 0. The van der Waals surface area contributed by atoms with Gasteiger partial charge in [0.05, 0.1) is 16.3 Å². The largest absolute Gasteiger partial charge is 0.368 e. The van der Waals surface area contributed by atoms with Gasteiger partial charge in [0.1, 0.15) is 5.69 Å². The SMILES string of the molecule is Cc1ccc(C)c(-n2nc(-c3ccccc3)cc2C(=O)N2CCN(c3ccc([N+](=O)[O-])cc3)CC2)c1. The molecule has 0 bridgehead atoms. The molecule has 1 aliphatic heterocycles. The van der Waals surface area contributed by atoms with E-state index in [9.17, 15) is 14.9 Å². The highest BCUT2D eigenvalue weighted by atomic mass is 16.6. The minimum atomic E-state index is -0.400. The zero-order valence-electron chi connectivity index (χ0n) is 20.3. The summed E-state index contributed by atoms with van der Waals surface area (Å²) in [6.45, 7) is 6.45. The van der Waals surface area contributed by atoms with E-state index in [1.807, 2.05) is 61.2 Å². The molecule has 182 valence electrons. The number of hydrogen-bond acceptors (Lipinski definition) is 5. The molecule has 2 heterocycles. The lowest BCUT2D eigenvalue weighted by molar-refractivity contribution is -0.384. The number of nitro benzene ring substituents is 1. The molecule has 1 saturated heterocycles. The minimum absolute atomic E-state index is 0.0612. The van der Waals surface area contributed by atoms with Crippen molar-refractivity contribution in [1.29, 1.82) is 0 Å². The highest BCUT2D eigenvalue weighted by Gasteiger charge is 2.27. The Kier molecular flexibility index (Phi) is 6.25. The molecular formula is C28H27N5O3. The van der Waals surface area contributed by atoms with Gasteiger partial charge in [0.15, 0.2) is 0 Å². The van der Waals surface area contributed by atoms with Gasteiger partial charge in [-0.2, -0.15) is 5.10 Å². The molecule has 0 unspecified atom stereocenters. The third-order valence-corrected chi connectivity index (χ3v) is 6.58. The van der Waals surface area contributed by atoms with Crippen LogP contribution in [-0.2, 0) is 0 Å². The summed E-state index contributed by atoms with van der Waals surface area (Å²) in [5.41, 5.74) is 6.27. The number of benzene rings is 3. The Morgan fingerprint density at radius 2 is 1.58 bits per heavy atom. The quantitative estimate of drug-likeness (QED) is 0.295. The van der Waals surface area contributed by atoms with E-state index >= 15 is 0 Å². The van der Waals surface area contributed by atoms with Crippen LogP contribution >= 0.6 is 0 Å². The number of nitrogens with zero attached hydrogens (tertiary/aromatic N) is 5. The predicted octanol–water partition coefficient (Wildman–Crippen LogP) is 5.03. The summed E-state index contributed by atoms with van der Waals surface area (Å²) >= 11 is 0. The standard InChI is InChI=1S/C28H27N5O3/c1-20-8-9-21(2)26(18-20)32-27(19-25(29-32)22-6-4-3-5-7-22)28(34)31-16-14-30(15-17-31)23-10-12-24(13-11-23)33(35)36/h3-13,18-19H,14-17H2,1-2H3. The molecule has 8 nitrogen and oxygen atoms in total. The first-order valence-electron chi connectivity index (χ1n) is 11.9. The van der Waals surface area contributed by atoms with Crippen molar-refractivity contribution >= 4 is 17.3 Å². The van der Waals surface area contributed by atoms with E-state index in [4.69, 9.17) is 5.10 Å². The fourth-order valence-electron chi connectivity index (χ4n) is 4.53. The predicted molar refractivity (Wildman–Crippen MR) is 140 cm³/mol. The van der Waals surface area contributed by atoms with Gasteiger partial charge in [-0.15, -0.1) is 0 Å². The van der Waals surface area contributed by atoms with Crippen molar-refractivity contribution in [3.8, 4) is 16.9 Å². The van der Waals surface area contributed by atoms with Crippen molar-refractivity contribution in [1.82, 2.24) is 14.7 Å². The van der Waals surface area contributed by atoms with Crippen LogP contribution in [0.1, 0.15) is 21.6 Å². The Labute approximate surface area is 209 Å². The molecule has 8 heteroatoms. The number of aryl methyl sites for hydroxylation is 2. The normalized spacial score (nSPS) is 13.6. The second-order valence-electron chi connectivity index (χ2n) is 9.04. The Morgan fingerprint density at radius 3 is 2.25 bits per heavy atom. The number of carbonyl (C=O) groups is 1. The Bertz CT molecular complexity index is 1410. The van der Waals surface area contributed by atoms with Crippen LogP contribution in [-0.4, -0.2) is 51.7 Å². The molecule has 1 aliphatic rings. The van der Waals surface area contributed by atoms with Crippen LogP contribution in [0.5, 0.6) is 0 Å². The molecule has 0 radical (unpaired) electrons. The summed E-state index contributed by atoms with van der Waals surface area (Å²) < 4.78 is 1.77. The van der Waals surface area contributed by atoms with E-state index in [0.29, 0.717) is 31.9 Å². The summed E-state index contributed by atoms with van der Waals surface area (Å²) in [6.07, 6.45) is 0. The fraction of sp³-hybridized carbons (Fsp3) is 0.214. The van der Waals surface area contributed by atoms with Gasteiger partial charge < -0.3 is 9.80 Å². The van der Waals surface area contributed by atoms with Crippen molar-refractivity contribution < 1.29 is 9.72 Å². The van der Waals surface area contributed by atoms with Gasteiger partial charge in [0.2, 0.25) is 0 Å².